The van der Waals surface area contributed by atoms with Crippen molar-refractivity contribution >= 4 is 21.6 Å². The lowest BCUT2D eigenvalue weighted by Crippen LogP contribution is -2.35. The molecule has 0 aliphatic carbocycles. The number of hydrogen-bond donors (Lipinski definition) is 1. The number of sulfonamides is 1. The van der Waals surface area contributed by atoms with Gasteiger partial charge in [-0.2, -0.15) is 4.31 Å². The second kappa shape index (κ2) is 8.82. The quantitative estimate of drug-likeness (QED) is 0.622. The van der Waals surface area contributed by atoms with Gasteiger partial charge < -0.3 is 10.1 Å². The van der Waals surface area contributed by atoms with Gasteiger partial charge in [0, 0.05) is 19.2 Å². The third-order valence-corrected chi connectivity index (χ3v) is 5.83. The van der Waals surface area contributed by atoms with E-state index in [0.717, 1.165) is 19.3 Å². The molecule has 1 saturated heterocycles. The van der Waals surface area contributed by atoms with Gasteiger partial charge in [-0.15, -0.1) is 0 Å². The highest BCUT2D eigenvalue weighted by Gasteiger charge is 2.26. The van der Waals surface area contributed by atoms with E-state index in [0.29, 0.717) is 24.5 Å². The summed E-state index contributed by atoms with van der Waals surface area (Å²) in [5.41, 5.74) is 0.329. The summed E-state index contributed by atoms with van der Waals surface area (Å²) >= 11 is 0. The zero-order chi connectivity index (χ0) is 18.3. The number of ether oxygens (including phenoxy) is 1. The van der Waals surface area contributed by atoms with Crippen LogP contribution >= 0.6 is 0 Å². The summed E-state index contributed by atoms with van der Waals surface area (Å²) in [6, 6.07) is 4.51. The molecule has 2 rings (SSSR count). The number of nitrogens with zero attached hydrogens (tertiary/aromatic N) is 1. The molecule has 0 spiro atoms. The molecular weight excluding hydrogens is 340 g/mol. The minimum atomic E-state index is -3.57. The largest absolute Gasteiger partial charge is 0.495 e. The van der Waals surface area contributed by atoms with Crippen LogP contribution in [0, 0.1) is 0 Å². The Morgan fingerprint density at radius 2 is 1.92 bits per heavy atom. The number of piperidine rings is 1. The van der Waals surface area contributed by atoms with Gasteiger partial charge in [0.1, 0.15) is 5.75 Å². The van der Waals surface area contributed by atoms with Crippen LogP contribution in [0.5, 0.6) is 5.75 Å². The molecule has 25 heavy (non-hydrogen) atoms. The first-order chi connectivity index (χ1) is 12.0. The van der Waals surface area contributed by atoms with Gasteiger partial charge in [0.05, 0.1) is 17.7 Å². The lowest BCUT2D eigenvalue weighted by atomic mass is 10.2. The molecular formula is C18H24N2O4S. The molecule has 0 aromatic heterocycles. The summed E-state index contributed by atoms with van der Waals surface area (Å²) in [5.74, 6) is 0.0503. The highest BCUT2D eigenvalue weighted by molar-refractivity contribution is 7.89. The number of methoxy groups -OCH3 is 1. The molecule has 1 aromatic rings. The smallest absolute Gasteiger partial charge is 0.248 e. The monoisotopic (exact) mass is 364 g/mol. The fourth-order valence-corrected chi connectivity index (χ4v) is 4.17. The zero-order valence-corrected chi connectivity index (χ0v) is 15.4. The molecule has 0 unspecified atom stereocenters. The minimum Gasteiger partial charge on any atom is -0.495 e. The third kappa shape index (κ3) is 4.93. The first-order valence-corrected chi connectivity index (χ1v) is 9.71. The number of nitrogens with one attached hydrogen (secondary N) is 1. The average Bonchev–Trinajstić information content (AvgIpc) is 2.62. The number of carbonyl (C=O) groups excluding carboxylic acids is 1. The van der Waals surface area contributed by atoms with Crippen LogP contribution in [-0.4, -0.2) is 38.8 Å². The molecule has 7 heteroatoms. The zero-order valence-electron chi connectivity index (χ0n) is 14.6. The first kappa shape index (κ1) is 19.2. The maximum Gasteiger partial charge on any atom is 0.248 e. The maximum absolute atomic E-state index is 12.8. The van der Waals surface area contributed by atoms with Crippen LogP contribution in [0.2, 0.25) is 0 Å². The molecule has 0 radical (unpaired) electrons. The van der Waals surface area contributed by atoms with Crippen LogP contribution in [0.4, 0.5) is 5.69 Å². The predicted molar refractivity (Wildman–Crippen MR) is 98.2 cm³/mol. The van der Waals surface area contributed by atoms with Gasteiger partial charge in [-0.3, -0.25) is 4.79 Å². The Morgan fingerprint density at radius 3 is 2.56 bits per heavy atom. The Labute approximate surface area is 149 Å². The van der Waals surface area contributed by atoms with Crippen molar-refractivity contribution < 1.29 is 17.9 Å². The number of anilines is 1. The predicted octanol–water partition coefficient (Wildman–Crippen LogP) is 2.94. The van der Waals surface area contributed by atoms with Crippen LogP contribution in [0.1, 0.15) is 26.2 Å². The number of carbonyl (C=O) groups is 1. The van der Waals surface area contributed by atoms with Crippen molar-refractivity contribution in [1.29, 1.82) is 0 Å². The Morgan fingerprint density at radius 1 is 1.20 bits per heavy atom. The van der Waals surface area contributed by atoms with E-state index in [2.05, 4.69) is 5.32 Å². The molecule has 1 heterocycles. The van der Waals surface area contributed by atoms with Crippen molar-refractivity contribution in [3.05, 3.63) is 42.5 Å². The lowest BCUT2D eigenvalue weighted by Gasteiger charge is -2.26. The Balaban J connectivity index is 2.28. The minimum absolute atomic E-state index is 0.155. The van der Waals surface area contributed by atoms with E-state index in [9.17, 15) is 13.2 Å². The standard InChI is InChI=1S/C18H24N2O4S/c1-3-4-6-9-18(21)19-16-14-15(10-11-17(16)24-2)25(22,23)20-12-7-5-8-13-20/h3-4,6,9-11,14H,5,7-8,12-13H2,1-2H3,(H,19,21)/b4-3+,9-6+. The van der Waals surface area contributed by atoms with Gasteiger partial charge in [0.25, 0.3) is 0 Å². The normalized spacial score (nSPS) is 16.4. The molecule has 1 aliphatic rings. The SMILES string of the molecule is C/C=C/C=C/C(=O)Nc1cc(S(=O)(=O)N2CCCCC2)ccc1OC. The number of hydrogen-bond acceptors (Lipinski definition) is 4. The molecule has 1 aliphatic heterocycles. The fraction of sp³-hybridized carbons (Fsp3) is 0.389. The van der Waals surface area contributed by atoms with Crippen molar-refractivity contribution in [1.82, 2.24) is 4.31 Å². The molecule has 0 atom stereocenters. The molecule has 0 bridgehead atoms. The molecule has 1 amide bonds. The number of amides is 1. The van der Waals surface area contributed by atoms with E-state index in [1.807, 2.05) is 6.92 Å². The van der Waals surface area contributed by atoms with Crippen LogP contribution in [0.15, 0.2) is 47.4 Å². The van der Waals surface area contributed by atoms with E-state index in [-0.39, 0.29) is 10.8 Å². The van der Waals surface area contributed by atoms with Crippen molar-refractivity contribution in [3.8, 4) is 5.75 Å². The first-order valence-electron chi connectivity index (χ1n) is 8.27. The van der Waals surface area contributed by atoms with E-state index < -0.39 is 10.0 Å². The van der Waals surface area contributed by atoms with Gasteiger partial charge in [-0.25, -0.2) is 8.42 Å². The molecule has 1 N–H and O–H groups in total. The molecule has 1 fully saturated rings. The maximum atomic E-state index is 12.8. The van der Waals surface area contributed by atoms with Gasteiger partial charge in [0.2, 0.25) is 15.9 Å². The van der Waals surface area contributed by atoms with Crippen LogP contribution < -0.4 is 10.1 Å². The van der Waals surface area contributed by atoms with E-state index in [1.54, 1.807) is 24.3 Å². The van der Waals surface area contributed by atoms with Crippen molar-refractivity contribution in [2.24, 2.45) is 0 Å². The molecule has 0 saturated carbocycles. The number of rotatable bonds is 6. The molecule has 1 aromatic carbocycles. The van der Waals surface area contributed by atoms with Gasteiger partial charge >= 0.3 is 0 Å². The summed E-state index contributed by atoms with van der Waals surface area (Å²) in [4.78, 5) is 12.1. The Hall–Kier alpha value is -2.12. The van der Waals surface area contributed by atoms with Crippen LogP contribution in [0.25, 0.3) is 0 Å². The second-order valence-corrected chi connectivity index (χ2v) is 7.64. The number of allylic oxidation sites excluding steroid dienone is 3. The van der Waals surface area contributed by atoms with E-state index in [4.69, 9.17) is 4.74 Å². The Kier molecular flexibility index (Phi) is 6.78. The van der Waals surface area contributed by atoms with Crippen molar-refractivity contribution in [2.45, 2.75) is 31.1 Å². The topological polar surface area (TPSA) is 75.7 Å². The highest BCUT2D eigenvalue weighted by Crippen LogP contribution is 2.29. The van der Waals surface area contributed by atoms with Crippen LogP contribution in [0.3, 0.4) is 0 Å². The third-order valence-electron chi connectivity index (χ3n) is 3.93. The summed E-state index contributed by atoms with van der Waals surface area (Å²) in [6.45, 7) is 2.91. The van der Waals surface area contributed by atoms with Gasteiger partial charge in [-0.05, 0) is 38.0 Å². The number of benzene rings is 1. The summed E-state index contributed by atoms with van der Waals surface area (Å²) in [6.07, 6.45) is 9.30. The Bertz CT molecular complexity index is 763. The molecule has 136 valence electrons. The van der Waals surface area contributed by atoms with Crippen molar-refractivity contribution in [3.63, 3.8) is 0 Å². The fourth-order valence-electron chi connectivity index (χ4n) is 2.63. The average molecular weight is 364 g/mol. The lowest BCUT2D eigenvalue weighted by molar-refractivity contribution is -0.111. The van der Waals surface area contributed by atoms with Crippen LogP contribution in [-0.2, 0) is 14.8 Å². The van der Waals surface area contributed by atoms with E-state index >= 15 is 0 Å². The summed E-state index contributed by atoms with van der Waals surface area (Å²) < 4.78 is 32.3. The van der Waals surface area contributed by atoms with Gasteiger partial charge in [-0.1, -0.05) is 24.6 Å². The summed E-state index contributed by atoms with van der Waals surface area (Å²) in [7, 11) is -2.10. The molecule has 6 nitrogen and oxygen atoms in total. The van der Waals surface area contributed by atoms with E-state index in [1.165, 1.54) is 29.6 Å². The second-order valence-electron chi connectivity index (χ2n) is 5.70. The van der Waals surface area contributed by atoms with Gasteiger partial charge in [0.15, 0.2) is 0 Å². The van der Waals surface area contributed by atoms with Crippen molar-refractivity contribution in [2.75, 3.05) is 25.5 Å². The highest BCUT2D eigenvalue weighted by atomic mass is 32.2. The summed E-state index contributed by atoms with van der Waals surface area (Å²) in [5, 5.41) is 2.67.